The zero-order chi connectivity index (χ0) is 17.6. The van der Waals surface area contributed by atoms with Crippen molar-refractivity contribution in [3.63, 3.8) is 0 Å². The third-order valence-electron chi connectivity index (χ3n) is 3.96. The van der Waals surface area contributed by atoms with E-state index in [-0.39, 0.29) is 12.0 Å². The van der Waals surface area contributed by atoms with Crippen LogP contribution in [0.25, 0.3) is 0 Å². The van der Waals surface area contributed by atoms with Crippen LogP contribution in [0.4, 0.5) is 4.79 Å². The number of hydrogen-bond acceptors (Lipinski definition) is 3. The van der Waals surface area contributed by atoms with Crippen LogP contribution in [0.2, 0.25) is 0 Å². The predicted molar refractivity (Wildman–Crippen MR) is 94.5 cm³/mol. The molecule has 1 amide bonds. The third kappa shape index (κ3) is 7.57. The molecule has 0 aliphatic carbocycles. The highest BCUT2D eigenvalue weighted by atomic mass is 16.6. The van der Waals surface area contributed by atoms with E-state index in [0.29, 0.717) is 19.0 Å². The van der Waals surface area contributed by atoms with E-state index in [4.69, 9.17) is 10.5 Å². The maximum Gasteiger partial charge on any atom is 0.410 e. The summed E-state index contributed by atoms with van der Waals surface area (Å²) < 4.78 is 5.35. The second-order valence-electron chi connectivity index (χ2n) is 7.83. The van der Waals surface area contributed by atoms with Crippen LogP contribution in [0, 0.1) is 11.8 Å². The van der Waals surface area contributed by atoms with Gasteiger partial charge in [-0.25, -0.2) is 4.79 Å². The van der Waals surface area contributed by atoms with Gasteiger partial charge in [-0.3, -0.25) is 4.99 Å². The average molecular weight is 326 g/mol. The summed E-state index contributed by atoms with van der Waals surface area (Å²) >= 11 is 0. The summed E-state index contributed by atoms with van der Waals surface area (Å²) in [6.45, 7) is 13.1. The second-order valence-corrected chi connectivity index (χ2v) is 7.83. The van der Waals surface area contributed by atoms with Gasteiger partial charge in [0.25, 0.3) is 0 Å². The number of aliphatic imine (C=N–C) groups is 1. The lowest BCUT2D eigenvalue weighted by Crippen LogP contribution is -2.43. The largest absolute Gasteiger partial charge is 0.444 e. The fraction of sp³-hybridized carbons (Fsp3) is 0.882. The third-order valence-corrected chi connectivity index (χ3v) is 3.96. The van der Waals surface area contributed by atoms with Gasteiger partial charge in [0, 0.05) is 33.2 Å². The van der Waals surface area contributed by atoms with Crippen LogP contribution >= 0.6 is 0 Å². The molecule has 6 nitrogen and oxygen atoms in total. The topological polar surface area (TPSA) is 71.2 Å². The molecule has 1 unspecified atom stereocenters. The van der Waals surface area contributed by atoms with Crippen molar-refractivity contribution in [1.82, 2.24) is 9.80 Å². The summed E-state index contributed by atoms with van der Waals surface area (Å²) in [5.74, 6) is 1.64. The van der Waals surface area contributed by atoms with Crippen LogP contribution in [0.5, 0.6) is 0 Å². The average Bonchev–Trinajstić information content (AvgIpc) is 2.43. The summed E-state index contributed by atoms with van der Waals surface area (Å²) in [6, 6.07) is 0. The number of amides is 1. The van der Waals surface area contributed by atoms with Gasteiger partial charge in [0.1, 0.15) is 5.60 Å². The van der Waals surface area contributed by atoms with E-state index >= 15 is 0 Å². The molecule has 1 saturated heterocycles. The van der Waals surface area contributed by atoms with Crippen LogP contribution in [0.15, 0.2) is 4.99 Å². The Morgan fingerprint density at radius 3 is 2.48 bits per heavy atom. The van der Waals surface area contributed by atoms with Gasteiger partial charge in [-0.05, 0) is 45.4 Å². The first-order valence-electron chi connectivity index (χ1n) is 8.57. The van der Waals surface area contributed by atoms with E-state index in [2.05, 4.69) is 23.7 Å². The molecular weight excluding hydrogens is 292 g/mol. The van der Waals surface area contributed by atoms with Crippen LogP contribution in [0.1, 0.15) is 47.5 Å². The normalized spacial score (nSPS) is 18.7. The standard InChI is InChI=1S/C17H34N4O2/c1-13-7-9-21(10-8-13)15(18)19-11-14(2)12-20(6)16(22)23-17(3,4)5/h13-14H,7-12H2,1-6H3,(H2,18,19). The zero-order valence-corrected chi connectivity index (χ0v) is 15.6. The quantitative estimate of drug-likeness (QED) is 0.636. The highest BCUT2D eigenvalue weighted by Gasteiger charge is 2.21. The molecule has 0 radical (unpaired) electrons. The smallest absolute Gasteiger partial charge is 0.410 e. The lowest BCUT2D eigenvalue weighted by atomic mass is 10.00. The maximum absolute atomic E-state index is 11.9. The molecule has 0 bridgehead atoms. The minimum atomic E-state index is -0.470. The van der Waals surface area contributed by atoms with Crippen molar-refractivity contribution in [2.75, 3.05) is 33.2 Å². The Labute approximate surface area is 141 Å². The summed E-state index contributed by atoms with van der Waals surface area (Å²) in [6.07, 6.45) is 2.05. The minimum Gasteiger partial charge on any atom is -0.444 e. The Bertz CT molecular complexity index is 409. The Balaban J connectivity index is 2.39. The molecule has 1 aliphatic rings. The van der Waals surface area contributed by atoms with Gasteiger partial charge in [0.15, 0.2) is 5.96 Å². The maximum atomic E-state index is 11.9. The van der Waals surface area contributed by atoms with Crippen LogP contribution in [-0.2, 0) is 4.74 Å². The Morgan fingerprint density at radius 2 is 1.96 bits per heavy atom. The fourth-order valence-electron chi connectivity index (χ4n) is 2.53. The summed E-state index contributed by atoms with van der Waals surface area (Å²) in [7, 11) is 1.75. The SMILES string of the molecule is CC1CCN(C(N)=NCC(C)CN(C)C(=O)OC(C)(C)C)CC1. The predicted octanol–water partition coefficient (Wildman–Crippen LogP) is 2.54. The highest BCUT2D eigenvalue weighted by molar-refractivity contribution is 5.78. The molecule has 0 aromatic heterocycles. The molecule has 0 aromatic rings. The number of guanidine groups is 1. The van der Waals surface area contributed by atoms with Crippen LogP contribution < -0.4 is 5.73 Å². The number of nitrogens with two attached hydrogens (primary N) is 1. The van der Waals surface area contributed by atoms with E-state index in [1.165, 1.54) is 12.8 Å². The lowest BCUT2D eigenvalue weighted by molar-refractivity contribution is 0.0279. The molecular formula is C17H34N4O2. The summed E-state index contributed by atoms with van der Waals surface area (Å²) in [5.41, 5.74) is 5.62. The molecule has 1 rings (SSSR count). The molecule has 1 fully saturated rings. The summed E-state index contributed by atoms with van der Waals surface area (Å²) in [5, 5.41) is 0. The molecule has 0 saturated carbocycles. The first kappa shape index (κ1) is 19.6. The Hall–Kier alpha value is -1.46. The van der Waals surface area contributed by atoms with Gasteiger partial charge >= 0.3 is 6.09 Å². The van der Waals surface area contributed by atoms with Crippen molar-refractivity contribution in [2.45, 2.75) is 53.1 Å². The fourth-order valence-corrected chi connectivity index (χ4v) is 2.53. The number of rotatable bonds is 4. The van der Waals surface area contributed by atoms with Gasteiger partial charge in [-0.2, -0.15) is 0 Å². The molecule has 1 aliphatic heterocycles. The molecule has 1 atom stereocenters. The van der Waals surface area contributed by atoms with Crippen molar-refractivity contribution >= 4 is 12.1 Å². The van der Waals surface area contributed by atoms with Crippen molar-refractivity contribution in [3.05, 3.63) is 0 Å². The number of ether oxygens (including phenoxy) is 1. The van der Waals surface area contributed by atoms with E-state index < -0.39 is 5.60 Å². The van der Waals surface area contributed by atoms with Gasteiger partial charge in [-0.15, -0.1) is 0 Å². The molecule has 1 heterocycles. The first-order chi connectivity index (χ1) is 10.6. The van der Waals surface area contributed by atoms with Crippen molar-refractivity contribution < 1.29 is 9.53 Å². The van der Waals surface area contributed by atoms with Crippen molar-refractivity contribution in [2.24, 2.45) is 22.6 Å². The molecule has 23 heavy (non-hydrogen) atoms. The van der Waals surface area contributed by atoms with E-state index in [1.54, 1.807) is 11.9 Å². The number of carbonyl (C=O) groups excluding carboxylic acids is 1. The summed E-state index contributed by atoms with van der Waals surface area (Å²) in [4.78, 5) is 20.2. The zero-order valence-electron chi connectivity index (χ0n) is 15.6. The monoisotopic (exact) mass is 326 g/mol. The van der Waals surface area contributed by atoms with E-state index in [1.807, 2.05) is 20.8 Å². The van der Waals surface area contributed by atoms with Gasteiger partial charge in [-0.1, -0.05) is 13.8 Å². The second kappa shape index (κ2) is 8.41. The van der Waals surface area contributed by atoms with Crippen molar-refractivity contribution in [1.29, 1.82) is 0 Å². The van der Waals surface area contributed by atoms with E-state index in [9.17, 15) is 4.79 Å². The number of likely N-dealkylation sites (tertiary alicyclic amines) is 1. The molecule has 0 aromatic carbocycles. The highest BCUT2D eigenvalue weighted by Crippen LogP contribution is 2.15. The Morgan fingerprint density at radius 1 is 1.39 bits per heavy atom. The number of hydrogen-bond donors (Lipinski definition) is 1. The van der Waals surface area contributed by atoms with Crippen molar-refractivity contribution in [3.8, 4) is 0 Å². The molecule has 134 valence electrons. The van der Waals surface area contributed by atoms with E-state index in [0.717, 1.165) is 19.0 Å². The minimum absolute atomic E-state index is 0.231. The first-order valence-corrected chi connectivity index (χ1v) is 8.57. The Kier molecular flexibility index (Phi) is 7.16. The molecule has 6 heteroatoms. The van der Waals surface area contributed by atoms with Gasteiger partial charge in [0.2, 0.25) is 0 Å². The number of piperidine rings is 1. The van der Waals surface area contributed by atoms with Crippen LogP contribution in [0.3, 0.4) is 0 Å². The molecule has 2 N–H and O–H groups in total. The van der Waals surface area contributed by atoms with Gasteiger partial charge in [0.05, 0.1) is 0 Å². The van der Waals surface area contributed by atoms with Gasteiger partial charge < -0.3 is 20.3 Å². The van der Waals surface area contributed by atoms with Crippen LogP contribution in [-0.4, -0.2) is 60.7 Å². The molecule has 0 spiro atoms. The number of nitrogens with zero attached hydrogens (tertiary/aromatic N) is 3. The lowest BCUT2D eigenvalue weighted by Gasteiger charge is -2.31. The number of carbonyl (C=O) groups is 1.